The van der Waals surface area contributed by atoms with Gasteiger partial charge in [0.15, 0.2) is 0 Å². The number of imide groups is 2. The Morgan fingerprint density at radius 3 is 1.35 bits per heavy atom. The molecule has 0 bridgehead atoms. The minimum atomic E-state index is -0.371. The summed E-state index contributed by atoms with van der Waals surface area (Å²) in [6, 6.07) is 46.4. The molecule has 336 valence electrons. The van der Waals surface area contributed by atoms with Gasteiger partial charge >= 0.3 is 0 Å². The molecule has 14 heteroatoms. The number of hydrogen-bond acceptors (Lipinski definition) is 10. The van der Waals surface area contributed by atoms with Gasteiger partial charge in [0, 0.05) is 38.3 Å². The molecule has 0 aliphatic carbocycles. The molecule has 2 atom stereocenters. The second-order valence-electron chi connectivity index (χ2n) is 15.8. The summed E-state index contributed by atoms with van der Waals surface area (Å²) in [6.45, 7) is 0.961. The second-order valence-corrected chi connectivity index (χ2v) is 18.1. The number of methoxy groups -OCH3 is 2. The zero-order chi connectivity index (χ0) is 46.7. The highest BCUT2D eigenvalue weighted by Crippen LogP contribution is 2.28. The second kappa shape index (κ2) is 21.7. The van der Waals surface area contributed by atoms with Gasteiger partial charge in [0.05, 0.1) is 24.7 Å². The number of carbonyl (C=O) groups is 6. The van der Waals surface area contributed by atoms with Crippen LogP contribution in [0.1, 0.15) is 43.0 Å². The van der Waals surface area contributed by atoms with Gasteiger partial charge in [-0.15, -0.1) is 0 Å². The molecular weight excluding hydrogens is 873 g/mol. The van der Waals surface area contributed by atoms with Gasteiger partial charge in [0.2, 0.25) is 11.8 Å². The van der Waals surface area contributed by atoms with E-state index in [0.717, 1.165) is 68.0 Å². The molecule has 6 amide bonds. The number of benzene rings is 6. The van der Waals surface area contributed by atoms with Crippen LogP contribution in [-0.2, 0) is 35.5 Å². The number of carbonyl (C=O) groups excluding carboxylic acids is 6. The fourth-order valence-electron chi connectivity index (χ4n) is 7.47. The van der Waals surface area contributed by atoms with Crippen molar-refractivity contribution < 1.29 is 38.2 Å². The molecule has 8 rings (SSSR count). The zero-order valence-electron chi connectivity index (χ0n) is 36.8. The van der Waals surface area contributed by atoms with Crippen LogP contribution in [0.15, 0.2) is 146 Å². The molecule has 2 saturated heterocycles. The van der Waals surface area contributed by atoms with Crippen molar-refractivity contribution in [2.24, 2.45) is 0 Å². The topological polar surface area (TPSA) is 151 Å². The molecule has 6 aromatic rings. The summed E-state index contributed by atoms with van der Waals surface area (Å²) in [5.74, 6) is 0.783. The lowest BCUT2D eigenvalue weighted by Gasteiger charge is -2.18. The molecule has 12 nitrogen and oxygen atoms in total. The SMILES string of the molecule is COc1ccc(C(=O)N(C)Cc2cccc(-c3ccc(CC4SC(=O)NC4=O)cc3)c2)cc1.COc1cccc(C(=O)N(C)Cc2cccc(-c3ccc(CC4SC(=O)NC4=O)cc3)c2)c1. The van der Waals surface area contributed by atoms with E-state index in [1.54, 1.807) is 80.6 Å². The van der Waals surface area contributed by atoms with Gasteiger partial charge in [-0.25, -0.2) is 0 Å². The molecular formula is C52H48N4O8S2. The molecule has 2 aliphatic heterocycles. The average Bonchev–Trinajstić information content (AvgIpc) is 3.84. The molecule has 0 radical (unpaired) electrons. The maximum absolute atomic E-state index is 12.8. The Hall–Kier alpha value is -7.16. The van der Waals surface area contributed by atoms with Crippen LogP contribution < -0.4 is 20.1 Å². The quantitative estimate of drug-likeness (QED) is 0.108. The predicted molar refractivity (Wildman–Crippen MR) is 259 cm³/mol. The monoisotopic (exact) mass is 920 g/mol. The van der Waals surface area contributed by atoms with E-state index in [0.29, 0.717) is 48.6 Å². The van der Waals surface area contributed by atoms with Crippen LogP contribution in [0.25, 0.3) is 22.3 Å². The molecule has 0 spiro atoms. The Kier molecular flexibility index (Phi) is 15.4. The first-order chi connectivity index (χ1) is 31.8. The van der Waals surface area contributed by atoms with Gasteiger partial charge in [-0.2, -0.15) is 0 Å². The molecule has 2 N–H and O–H groups in total. The van der Waals surface area contributed by atoms with Crippen molar-refractivity contribution in [2.45, 2.75) is 36.4 Å². The van der Waals surface area contributed by atoms with E-state index < -0.39 is 0 Å². The van der Waals surface area contributed by atoms with E-state index in [9.17, 15) is 28.8 Å². The number of thioether (sulfide) groups is 2. The third-order valence-corrected chi connectivity index (χ3v) is 13.0. The van der Waals surface area contributed by atoms with Crippen LogP contribution in [0.3, 0.4) is 0 Å². The third-order valence-electron chi connectivity index (χ3n) is 11.0. The Labute approximate surface area is 392 Å². The van der Waals surface area contributed by atoms with Gasteiger partial charge < -0.3 is 19.3 Å². The van der Waals surface area contributed by atoms with Crippen molar-refractivity contribution in [1.82, 2.24) is 20.4 Å². The molecule has 2 fully saturated rings. The van der Waals surface area contributed by atoms with Crippen LogP contribution in [0.4, 0.5) is 9.59 Å². The van der Waals surface area contributed by atoms with E-state index in [4.69, 9.17) is 9.47 Å². The number of rotatable bonds is 14. The number of nitrogens with zero attached hydrogens (tertiary/aromatic N) is 2. The van der Waals surface area contributed by atoms with E-state index in [-0.39, 0.29) is 44.6 Å². The summed E-state index contributed by atoms with van der Waals surface area (Å²) in [5.41, 5.74) is 9.43. The average molecular weight is 921 g/mol. The van der Waals surface area contributed by atoms with Crippen molar-refractivity contribution in [3.8, 4) is 33.8 Å². The first-order valence-corrected chi connectivity index (χ1v) is 22.8. The maximum atomic E-state index is 12.8. The minimum absolute atomic E-state index is 0.0558. The van der Waals surface area contributed by atoms with Crippen molar-refractivity contribution in [2.75, 3.05) is 28.3 Å². The van der Waals surface area contributed by atoms with Crippen LogP contribution >= 0.6 is 23.5 Å². The highest BCUT2D eigenvalue weighted by Gasteiger charge is 2.32. The molecule has 6 aromatic carbocycles. The van der Waals surface area contributed by atoms with Crippen molar-refractivity contribution in [3.63, 3.8) is 0 Å². The van der Waals surface area contributed by atoms with Gasteiger partial charge in [0.25, 0.3) is 22.3 Å². The number of hydrogen-bond donors (Lipinski definition) is 2. The van der Waals surface area contributed by atoms with Crippen LogP contribution in [-0.4, -0.2) is 82.7 Å². The maximum Gasteiger partial charge on any atom is 0.286 e. The molecule has 2 unspecified atom stereocenters. The molecule has 0 aromatic heterocycles. The van der Waals surface area contributed by atoms with E-state index in [1.807, 2.05) is 91.0 Å². The lowest BCUT2D eigenvalue weighted by atomic mass is 10.00. The predicted octanol–water partition coefficient (Wildman–Crippen LogP) is 9.06. The highest BCUT2D eigenvalue weighted by atomic mass is 32.2. The van der Waals surface area contributed by atoms with E-state index >= 15 is 0 Å². The summed E-state index contributed by atoms with van der Waals surface area (Å²) in [5, 5.41) is 3.33. The smallest absolute Gasteiger partial charge is 0.286 e. The molecule has 66 heavy (non-hydrogen) atoms. The summed E-state index contributed by atoms with van der Waals surface area (Å²) in [4.78, 5) is 75.2. The number of amides is 6. The van der Waals surface area contributed by atoms with Crippen molar-refractivity contribution in [3.05, 3.63) is 179 Å². The number of nitrogens with one attached hydrogen (secondary N) is 2. The zero-order valence-corrected chi connectivity index (χ0v) is 38.4. The Morgan fingerprint density at radius 1 is 0.485 bits per heavy atom. The van der Waals surface area contributed by atoms with Crippen LogP contribution in [0, 0.1) is 0 Å². The first-order valence-electron chi connectivity index (χ1n) is 21.0. The van der Waals surface area contributed by atoms with Gasteiger partial charge in [0.1, 0.15) is 11.5 Å². The molecule has 2 heterocycles. The van der Waals surface area contributed by atoms with Crippen molar-refractivity contribution >= 4 is 57.6 Å². The fourth-order valence-corrected chi connectivity index (χ4v) is 9.19. The van der Waals surface area contributed by atoms with Crippen LogP contribution in [0.2, 0.25) is 0 Å². The number of ether oxygens (including phenoxy) is 2. The van der Waals surface area contributed by atoms with E-state index in [2.05, 4.69) is 22.8 Å². The van der Waals surface area contributed by atoms with Crippen molar-refractivity contribution in [1.29, 1.82) is 0 Å². The van der Waals surface area contributed by atoms with Crippen LogP contribution in [0.5, 0.6) is 11.5 Å². The first kappa shape index (κ1) is 46.8. The Morgan fingerprint density at radius 2 is 0.924 bits per heavy atom. The summed E-state index contributed by atoms with van der Waals surface area (Å²) in [6.07, 6.45) is 1.03. The highest BCUT2D eigenvalue weighted by molar-refractivity contribution is 8.15. The van der Waals surface area contributed by atoms with Gasteiger partial charge in [-0.05, 0) is 112 Å². The molecule has 0 saturated carbocycles. The third kappa shape index (κ3) is 12.1. The largest absolute Gasteiger partial charge is 0.497 e. The standard InChI is InChI=1S/2C26H24N2O4S/c1-28(25(30)21-7-4-8-22(15-21)32-2)16-18-5-3-6-20(13-18)19-11-9-17(10-12-19)14-23-24(29)27-26(31)33-23;1-28(25(30)20-10-12-22(32-2)13-11-20)16-18-4-3-5-21(14-18)19-8-6-17(7-9-19)15-23-24(29)27-26(31)33-23/h3-13,15,23H,14,16H2,1-2H3,(H,27,29,31);3-14,23H,15-16H2,1-2H3,(H,27,29,31). The van der Waals surface area contributed by atoms with Gasteiger partial charge in [-0.1, -0.05) is 115 Å². The summed E-state index contributed by atoms with van der Waals surface area (Å²) < 4.78 is 10.4. The van der Waals surface area contributed by atoms with E-state index in [1.165, 1.54) is 0 Å². The Balaban J connectivity index is 0.000000196. The fraction of sp³-hybridized carbons (Fsp3) is 0.192. The lowest BCUT2D eigenvalue weighted by molar-refractivity contribution is -0.119. The summed E-state index contributed by atoms with van der Waals surface area (Å²) >= 11 is 2.08. The lowest BCUT2D eigenvalue weighted by Crippen LogP contribution is -2.26. The normalized spacial score (nSPS) is 15.3. The minimum Gasteiger partial charge on any atom is -0.497 e. The Bertz CT molecular complexity index is 2750. The summed E-state index contributed by atoms with van der Waals surface area (Å²) in [7, 11) is 6.75. The molecule has 2 aliphatic rings. The van der Waals surface area contributed by atoms with Gasteiger partial charge in [-0.3, -0.25) is 39.4 Å².